The number of carbonyl (C=O) groups is 2. The van der Waals surface area contributed by atoms with Crippen molar-refractivity contribution in [3.63, 3.8) is 0 Å². The van der Waals surface area contributed by atoms with Crippen LogP contribution in [-0.2, 0) is 16.6 Å². The van der Waals surface area contributed by atoms with Crippen molar-refractivity contribution in [1.29, 1.82) is 0 Å². The summed E-state index contributed by atoms with van der Waals surface area (Å²) in [6, 6.07) is 15.3. The summed E-state index contributed by atoms with van der Waals surface area (Å²) in [6.07, 6.45) is 0.839. The molecule has 1 N–H and O–H groups in total. The minimum atomic E-state index is -0.201. The van der Waals surface area contributed by atoms with E-state index in [1.807, 2.05) is 55.5 Å². The Balaban J connectivity index is 2.01. The number of likely N-dealkylation sites (N-methyl/N-ethyl adjacent to an activating group) is 1. The molecule has 0 spiro atoms. The van der Waals surface area contributed by atoms with Gasteiger partial charge in [-0.2, -0.15) is 0 Å². The van der Waals surface area contributed by atoms with E-state index in [1.165, 1.54) is 10.5 Å². The molecule has 4 nitrogen and oxygen atoms in total. The van der Waals surface area contributed by atoms with Gasteiger partial charge < -0.3 is 10.2 Å². The third kappa shape index (κ3) is 4.94. The zero-order valence-electron chi connectivity index (χ0n) is 16.3. The highest BCUT2D eigenvalue weighted by molar-refractivity contribution is 5.99. The van der Waals surface area contributed by atoms with Gasteiger partial charge in [0, 0.05) is 18.3 Å². The van der Waals surface area contributed by atoms with E-state index in [1.54, 1.807) is 7.05 Å². The summed E-state index contributed by atoms with van der Waals surface area (Å²) in [5.74, 6) is -0.363. The number of nitrogens with one attached hydrogen (secondary N) is 1. The van der Waals surface area contributed by atoms with Gasteiger partial charge in [0.2, 0.25) is 5.91 Å². The zero-order valence-corrected chi connectivity index (χ0v) is 16.3. The van der Waals surface area contributed by atoms with Crippen molar-refractivity contribution in [2.24, 2.45) is 0 Å². The number of benzene rings is 2. The summed E-state index contributed by atoms with van der Waals surface area (Å²) >= 11 is 0. The van der Waals surface area contributed by atoms with Crippen molar-refractivity contribution in [2.75, 3.05) is 18.9 Å². The maximum absolute atomic E-state index is 12.6. The summed E-state index contributed by atoms with van der Waals surface area (Å²) in [7, 11) is 1.64. The SMILES string of the molecule is CCc1ccccc1NC(=O)CN(C)C(=O)c1ccc(C(C)(C)C)cc1. The highest BCUT2D eigenvalue weighted by Gasteiger charge is 2.18. The molecule has 0 saturated carbocycles. The lowest BCUT2D eigenvalue weighted by Crippen LogP contribution is -2.35. The quantitative estimate of drug-likeness (QED) is 0.874. The topological polar surface area (TPSA) is 49.4 Å². The van der Waals surface area contributed by atoms with Gasteiger partial charge in [-0.3, -0.25) is 9.59 Å². The Kier molecular flexibility index (Phi) is 6.19. The van der Waals surface area contributed by atoms with Gasteiger partial charge in [-0.15, -0.1) is 0 Å². The largest absolute Gasteiger partial charge is 0.332 e. The highest BCUT2D eigenvalue weighted by Crippen LogP contribution is 2.22. The number of amides is 2. The van der Waals surface area contributed by atoms with Crippen LogP contribution >= 0.6 is 0 Å². The molecule has 0 fully saturated rings. The molecule has 138 valence electrons. The maximum Gasteiger partial charge on any atom is 0.254 e. The summed E-state index contributed by atoms with van der Waals surface area (Å²) in [5.41, 5.74) is 3.68. The summed E-state index contributed by atoms with van der Waals surface area (Å²) in [5, 5.41) is 2.89. The Morgan fingerprint density at radius 3 is 2.19 bits per heavy atom. The molecule has 2 aromatic carbocycles. The predicted octanol–water partition coefficient (Wildman–Crippen LogP) is 4.26. The molecule has 2 rings (SSSR count). The van der Waals surface area contributed by atoms with Crippen LogP contribution in [0, 0.1) is 0 Å². The highest BCUT2D eigenvalue weighted by atomic mass is 16.2. The van der Waals surface area contributed by atoms with E-state index < -0.39 is 0 Å². The Labute approximate surface area is 156 Å². The molecule has 0 heterocycles. The Morgan fingerprint density at radius 2 is 1.62 bits per heavy atom. The summed E-state index contributed by atoms with van der Waals surface area (Å²) < 4.78 is 0. The van der Waals surface area contributed by atoms with Gasteiger partial charge in [0.05, 0.1) is 6.54 Å². The van der Waals surface area contributed by atoms with Crippen molar-refractivity contribution in [2.45, 2.75) is 39.5 Å². The molecule has 0 aliphatic heterocycles. The summed E-state index contributed by atoms with van der Waals surface area (Å²) in [6.45, 7) is 8.46. The maximum atomic E-state index is 12.6. The monoisotopic (exact) mass is 352 g/mol. The fourth-order valence-corrected chi connectivity index (χ4v) is 2.76. The van der Waals surface area contributed by atoms with Crippen LogP contribution in [0.3, 0.4) is 0 Å². The van der Waals surface area contributed by atoms with E-state index >= 15 is 0 Å². The first kappa shape index (κ1) is 19.7. The molecule has 0 aliphatic rings. The van der Waals surface area contributed by atoms with E-state index in [-0.39, 0.29) is 23.8 Å². The van der Waals surface area contributed by atoms with Gasteiger partial charge >= 0.3 is 0 Å². The minimum Gasteiger partial charge on any atom is -0.332 e. The van der Waals surface area contributed by atoms with Crippen LogP contribution in [0.25, 0.3) is 0 Å². The molecule has 0 unspecified atom stereocenters. The molecule has 2 aromatic rings. The lowest BCUT2D eigenvalue weighted by Gasteiger charge is -2.20. The van der Waals surface area contributed by atoms with E-state index in [0.29, 0.717) is 5.56 Å². The Morgan fingerprint density at radius 1 is 1.00 bits per heavy atom. The van der Waals surface area contributed by atoms with E-state index in [9.17, 15) is 9.59 Å². The van der Waals surface area contributed by atoms with Crippen LogP contribution in [0.15, 0.2) is 48.5 Å². The second-order valence-corrected chi connectivity index (χ2v) is 7.55. The smallest absolute Gasteiger partial charge is 0.254 e. The predicted molar refractivity (Wildman–Crippen MR) is 107 cm³/mol. The van der Waals surface area contributed by atoms with Gasteiger partial charge in [0.25, 0.3) is 5.91 Å². The summed E-state index contributed by atoms with van der Waals surface area (Å²) in [4.78, 5) is 26.3. The van der Waals surface area contributed by atoms with Crippen LogP contribution in [0.1, 0.15) is 49.2 Å². The molecule has 0 aliphatic carbocycles. The number of rotatable bonds is 5. The molecule has 0 saturated heterocycles. The molecule has 4 heteroatoms. The normalized spacial score (nSPS) is 11.1. The third-order valence-electron chi connectivity index (χ3n) is 4.40. The first-order valence-electron chi connectivity index (χ1n) is 8.96. The lowest BCUT2D eigenvalue weighted by molar-refractivity contribution is -0.116. The Hall–Kier alpha value is -2.62. The fourth-order valence-electron chi connectivity index (χ4n) is 2.76. The van der Waals surface area contributed by atoms with Crippen LogP contribution in [0.4, 0.5) is 5.69 Å². The van der Waals surface area contributed by atoms with Gasteiger partial charge in [-0.1, -0.05) is 58.0 Å². The van der Waals surface area contributed by atoms with Crippen LogP contribution in [-0.4, -0.2) is 30.3 Å². The number of nitrogens with zero attached hydrogens (tertiary/aromatic N) is 1. The average molecular weight is 352 g/mol. The van der Waals surface area contributed by atoms with Gasteiger partial charge in [0.1, 0.15) is 0 Å². The number of carbonyl (C=O) groups excluding carboxylic acids is 2. The van der Waals surface area contributed by atoms with Crippen molar-refractivity contribution < 1.29 is 9.59 Å². The molecular weight excluding hydrogens is 324 g/mol. The average Bonchev–Trinajstić information content (AvgIpc) is 2.60. The second kappa shape index (κ2) is 8.17. The molecule has 0 atom stereocenters. The van der Waals surface area contributed by atoms with Crippen molar-refractivity contribution in [1.82, 2.24) is 4.90 Å². The second-order valence-electron chi connectivity index (χ2n) is 7.55. The molecule has 0 aromatic heterocycles. The molecule has 2 amide bonds. The molecule has 26 heavy (non-hydrogen) atoms. The number of para-hydroxylation sites is 1. The molecule has 0 bridgehead atoms. The van der Waals surface area contributed by atoms with Gasteiger partial charge in [0.15, 0.2) is 0 Å². The van der Waals surface area contributed by atoms with Gasteiger partial charge in [-0.25, -0.2) is 0 Å². The molecular formula is C22H28N2O2. The number of hydrogen-bond acceptors (Lipinski definition) is 2. The van der Waals surface area contributed by atoms with Crippen LogP contribution < -0.4 is 5.32 Å². The Bertz CT molecular complexity index is 773. The van der Waals surface area contributed by atoms with Crippen molar-refractivity contribution in [3.05, 3.63) is 65.2 Å². The minimum absolute atomic E-state index is 0.0118. The molecule has 0 radical (unpaired) electrons. The van der Waals surface area contributed by atoms with Crippen molar-refractivity contribution in [3.8, 4) is 0 Å². The standard InChI is InChI=1S/C22H28N2O2/c1-6-16-9-7-8-10-19(16)23-20(25)15-24(5)21(26)17-11-13-18(14-12-17)22(2,3)4/h7-14H,6,15H2,1-5H3,(H,23,25). The van der Waals surface area contributed by atoms with Crippen LogP contribution in [0.2, 0.25) is 0 Å². The van der Waals surface area contributed by atoms with E-state index in [2.05, 4.69) is 26.1 Å². The number of aryl methyl sites for hydroxylation is 1. The lowest BCUT2D eigenvalue weighted by atomic mass is 9.86. The van der Waals surface area contributed by atoms with Crippen molar-refractivity contribution >= 4 is 17.5 Å². The van der Waals surface area contributed by atoms with E-state index in [0.717, 1.165) is 17.7 Å². The number of anilines is 1. The zero-order chi connectivity index (χ0) is 19.3. The number of hydrogen-bond donors (Lipinski definition) is 1. The third-order valence-corrected chi connectivity index (χ3v) is 4.40. The van der Waals surface area contributed by atoms with E-state index in [4.69, 9.17) is 0 Å². The van der Waals surface area contributed by atoms with Gasteiger partial charge in [-0.05, 0) is 41.2 Å². The van der Waals surface area contributed by atoms with Crippen LogP contribution in [0.5, 0.6) is 0 Å². The first-order chi connectivity index (χ1) is 12.2. The first-order valence-corrected chi connectivity index (χ1v) is 8.96. The fraction of sp³-hybridized carbons (Fsp3) is 0.364.